The van der Waals surface area contributed by atoms with E-state index in [9.17, 15) is 0 Å². The SMILES string of the molecule is COc1ccc(OCc2noc(CCN)n2)cc1. The number of methoxy groups -OCH3 is 1. The molecule has 0 saturated carbocycles. The number of hydrogen-bond acceptors (Lipinski definition) is 6. The van der Waals surface area contributed by atoms with Crippen molar-refractivity contribution in [3.63, 3.8) is 0 Å². The molecule has 1 aromatic carbocycles. The Kier molecular flexibility index (Phi) is 4.14. The highest BCUT2D eigenvalue weighted by atomic mass is 16.5. The van der Waals surface area contributed by atoms with Gasteiger partial charge in [0.1, 0.15) is 11.5 Å². The maximum absolute atomic E-state index is 5.51. The molecule has 0 bridgehead atoms. The number of rotatable bonds is 6. The lowest BCUT2D eigenvalue weighted by atomic mass is 10.3. The predicted octanol–water partition coefficient (Wildman–Crippen LogP) is 1.16. The lowest BCUT2D eigenvalue weighted by Crippen LogP contribution is -2.03. The third-order valence-corrected chi connectivity index (χ3v) is 2.30. The Hall–Kier alpha value is -2.08. The van der Waals surface area contributed by atoms with Gasteiger partial charge >= 0.3 is 0 Å². The molecule has 0 fully saturated rings. The van der Waals surface area contributed by atoms with E-state index >= 15 is 0 Å². The number of nitrogens with zero attached hydrogens (tertiary/aromatic N) is 2. The molecule has 0 saturated heterocycles. The van der Waals surface area contributed by atoms with Crippen LogP contribution in [0.2, 0.25) is 0 Å². The zero-order valence-electron chi connectivity index (χ0n) is 10.1. The van der Waals surface area contributed by atoms with E-state index in [0.717, 1.165) is 11.5 Å². The molecule has 0 spiro atoms. The molecule has 6 nitrogen and oxygen atoms in total. The highest BCUT2D eigenvalue weighted by Gasteiger charge is 2.06. The first kappa shape index (κ1) is 12.4. The van der Waals surface area contributed by atoms with Crippen molar-refractivity contribution >= 4 is 0 Å². The molecule has 96 valence electrons. The van der Waals surface area contributed by atoms with Gasteiger partial charge in [-0.2, -0.15) is 4.98 Å². The van der Waals surface area contributed by atoms with Crippen LogP contribution in [-0.2, 0) is 13.0 Å². The predicted molar refractivity (Wildman–Crippen MR) is 64.4 cm³/mol. The van der Waals surface area contributed by atoms with Crippen LogP contribution in [-0.4, -0.2) is 23.8 Å². The summed E-state index contributed by atoms with van der Waals surface area (Å²) in [7, 11) is 1.62. The molecular formula is C12H15N3O3. The molecule has 18 heavy (non-hydrogen) atoms. The second-order valence-corrected chi connectivity index (χ2v) is 3.61. The summed E-state index contributed by atoms with van der Waals surface area (Å²) >= 11 is 0. The molecule has 2 rings (SSSR count). The summed E-state index contributed by atoms with van der Waals surface area (Å²) in [5.41, 5.74) is 5.39. The van der Waals surface area contributed by atoms with Gasteiger partial charge in [0.05, 0.1) is 7.11 Å². The molecule has 1 heterocycles. The highest BCUT2D eigenvalue weighted by molar-refractivity contribution is 5.31. The van der Waals surface area contributed by atoms with Crippen LogP contribution >= 0.6 is 0 Å². The first-order valence-corrected chi connectivity index (χ1v) is 5.60. The molecule has 6 heteroatoms. The van der Waals surface area contributed by atoms with Gasteiger partial charge in [-0.05, 0) is 24.3 Å². The summed E-state index contributed by atoms with van der Waals surface area (Å²) in [6.45, 7) is 0.751. The fourth-order valence-electron chi connectivity index (χ4n) is 1.39. The molecule has 0 aliphatic carbocycles. The Labute approximate surface area is 105 Å². The topological polar surface area (TPSA) is 83.4 Å². The zero-order valence-corrected chi connectivity index (χ0v) is 10.1. The van der Waals surface area contributed by atoms with E-state index in [2.05, 4.69) is 10.1 Å². The van der Waals surface area contributed by atoms with Crippen molar-refractivity contribution < 1.29 is 14.0 Å². The molecule has 0 radical (unpaired) electrons. The lowest BCUT2D eigenvalue weighted by Gasteiger charge is -2.04. The van der Waals surface area contributed by atoms with Crippen molar-refractivity contribution in [2.45, 2.75) is 13.0 Å². The minimum atomic E-state index is 0.264. The first-order chi connectivity index (χ1) is 8.81. The summed E-state index contributed by atoms with van der Waals surface area (Å²) in [4.78, 5) is 4.14. The summed E-state index contributed by atoms with van der Waals surface area (Å²) in [5.74, 6) is 2.55. The summed E-state index contributed by atoms with van der Waals surface area (Å²) in [6, 6.07) is 7.29. The Balaban J connectivity index is 1.89. The van der Waals surface area contributed by atoms with Gasteiger partial charge in [0.25, 0.3) is 0 Å². The molecule has 1 aromatic heterocycles. The van der Waals surface area contributed by atoms with Crippen LogP contribution in [0, 0.1) is 0 Å². The highest BCUT2D eigenvalue weighted by Crippen LogP contribution is 2.17. The van der Waals surface area contributed by atoms with Crippen molar-refractivity contribution in [1.82, 2.24) is 10.1 Å². The number of aromatic nitrogens is 2. The fourth-order valence-corrected chi connectivity index (χ4v) is 1.39. The minimum absolute atomic E-state index is 0.264. The standard InChI is InChI=1S/C12H15N3O3/c1-16-9-2-4-10(5-3-9)17-8-11-14-12(6-7-13)18-15-11/h2-5H,6-8,13H2,1H3. The monoisotopic (exact) mass is 249 g/mol. The lowest BCUT2D eigenvalue weighted by molar-refractivity contribution is 0.284. The van der Waals surface area contributed by atoms with Crippen molar-refractivity contribution in [3.05, 3.63) is 36.0 Å². The van der Waals surface area contributed by atoms with E-state index in [-0.39, 0.29) is 6.61 Å². The van der Waals surface area contributed by atoms with Crippen LogP contribution in [0.25, 0.3) is 0 Å². The Morgan fingerprint density at radius 3 is 2.61 bits per heavy atom. The molecular weight excluding hydrogens is 234 g/mol. The van der Waals surface area contributed by atoms with Crippen LogP contribution in [0.15, 0.2) is 28.8 Å². The van der Waals surface area contributed by atoms with Crippen LogP contribution in [0.1, 0.15) is 11.7 Å². The summed E-state index contributed by atoms with van der Waals surface area (Å²) < 4.78 is 15.6. The van der Waals surface area contributed by atoms with Crippen LogP contribution in [0.3, 0.4) is 0 Å². The molecule has 2 aromatic rings. The molecule has 0 atom stereocenters. The van der Waals surface area contributed by atoms with E-state index in [4.69, 9.17) is 19.7 Å². The second-order valence-electron chi connectivity index (χ2n) is 3.61. The van der Waals surface area contributed by atoms with E-state index in [1.807, 2.05) is 24.3 Å². The molecule has 0 unspecified atom stereocenters. The van der Waals surface area contributed by atoms with Crippen molar-refractivity contribution in [3.8, 4) is 11.5 Å². The molecule has 0 amide bonds. The summed E-state index contributed by atoms with van der Waals surface area (Å²) in [5, 5.41) is 3.79. The van der Waals surface area contributed by atoms with Gasteiger partial charge in [0.15, 0.2) is 6.61 Å². The normalized spacial score (nSPS) is 10.3. The van der Waals surface area contributed by atoms with Crippen molar-refractivity contribution in [1.29, 1.82) is 0 Å². The Morgan fingerprint density at radius 2 is 1.94 bits per heavy atom. The first-order valence-electron chi connectivity index (χ1n) is 5.60. The number of ether oxygens (including phenoxy) is 2. The van der Waals surface area contributed by atoms with E-state index in [0.29, 0.717) is 24.7 Å². The van der Waals surface area contributed by atoms with Gasteiger partial charge < -0.3 is 19.7 Å². The molecule has 2 N–H and O–H groups in total. The molecule has 0 aliphatic rings. The number of nitrogens with two attached hydrogens (primary N) is 1. The quantitative estimate of drug-likeness (QED) is 0.827. The van der Waals surface area contributed by atoms with Gasteiger partial charge in [-0.15, -0.1) is 0 Å². The Bertz CT molecular complexity index is 482. The van der Waals surface area contributed by atoms with E-state index in [1.54, 1.807) is 7.11 Å². The minimum Gasteiger partial charge on any atom is -0.497 e. The van der Waals surface area contributed by atoms with Gasteiger partial charge in [0.2, 0.25) is 11.7 Å². The van der Waals surface area contributed by atoms with E-state index in [1.165, 1.54) is 0 Å². The zero-order chi connectivity index (χ0) is 12.8. The summed E-state index contributed by atoms with van der Waals surface area (Å²) in [6.07, 6.45) is 0.579. The van der Waals surface area contributed by atoms with Gasteiger partial charge in [-0.1, -0.05) is 5.16 Å². The van der Waals surface area contributed by atoms with Gasteiger partial charge in [-0.25, -0.2) is 0 Å². The average Bonchev–Trinajstić information content (AvgIpc) is 2.85. The van der Waals surface area contributed by atoms with Gasteiger partial charge in [0, 0.05) is 13.0 Å². The maximum Gasteiger partial charge on any atom is 0.228 e. The maximum atomic E-state index is 5.51. The average molecular weight is 249 g/mol. The smallest absolute Gasteiger partial charge is 0.228 e. The third kappa shape index (κ3) is 3.21. The Morgan fingerprint density at radius 1 is 1.22 bits per heavy atom. The van der Waals surface area contributed by atoms with Crippen molar-refractivity contribution in [2.24, 2.45) is 5.73 Å². The van der Waals surface area contributed by atoms with Crippen LogP contribution < -0.4 is 15.2 Å². The second kappa shape index (κ2) is 6.02. The fraction of sp³-hybridized carbons (Fsp3) is 0.333. The van der Waals surface area contributed by atoms with Crippen molar-refractivity contribution in [2.75, 3.05) is 13.7 Å². The van der Waals surface area contributed by atoms with Gasteiger partial charge in [-0.3, -0.25) is 0 Å². The van der Waals surface area contributed by atoms with E-state index < -0.39 is 0 Å². The largest absolute Gasteiger partial charge is 0.497 e. The number of benzene rings is 1. The van der Waals surface area contributed by atoms with Crippen LogP contribution in [0.5, 0.6) is 11.5 Å². The molecule has 0 aliphatic heterocycles. The third-order valence-electron chi connectivity index (χ3n) is 2.30. The van der Waals surface area contributed by atoms with Crippen LogP contribution in [0.4, 0.5) is 0 Å². The number of hydrogen-bond donors (Lipinski definition) is 1.